The molecule has 0 fully saturated rings. The van der Waals surface area contributed by atoms with Crippen LogP contribution in [0.2, 0.25) is 0 Å². The first-order chi connectivity index (χ1) is 12.7. The van der Waals surface area contributed by atoms with Crippen LogP contribution in [0, 0.1) is 0 Å². The summed E-state index contributed by atoms with van der Waals surface area (Å²) in [4.78, 5) is 18.6. The smallest absolute Gasteiger partial charge is 0.317 e. The van der Waals surface area contributed by atoms with Gasteiger partial charge in [0.25, 0.3) is 0 Å². The Balaban J connectivity index is 1.54. The molecule has 26 heavy (non-hydrogen) atoms. The molecule has 1 N–H and O–H groups in total. The SMILES string of the molecule is Cn1cc(C2CN(C(=O)NCc3ccncc3)Cc3ccccc32)cn1. The van der Waals surface area contributed by atoms with Gasteiger partial charge in [-0.1, -0.05) is 24.3 Å². The second-order valence-corrected chi connectivity index (χ2v) is 6.59. The predicted molar refractivity (Wildman–Crippen MR) is 98.4 cm³/mol. The molecule has 1 aliphatic heterocycles. The van der Waals surface area contributed by atoms with E-state index in [1.807, 2.05) is 42.5 Å². The summed E-state index contributed by atoms with van der Waals surface area (Å²) in [6.07, 6.45) is 7.38. The van der Waals surface area contributed by atoms with Gasteiger partial charge in [-0.05, 0) is 34.4 Å². The number of nitrogens with zero attached hydrogens (tertiary/aromatic N) is 4. The molecular formula is C20H21N5O. The third kappa shape index (κ3) is 3.31. The lowest BCUT2D eigenvalue weighted by Gasteiger charge is -2.34. The summed E-state index contributed by atoms with van der Waals surface area (Å²) < 4.78 is 1.81. The standard InChI is InChI=1S/C20H21N5O/c1-24-12-17(11-23-24)19-14-25(13-16-4-2-3-5-18(16)19)20(26)22-10-15-6-8-21-9-7-15/h2-9,11-12,19H,10,13-14H2,1H3,(H,22,26). The van der Waals surface area contributed by atoms with Crippen LogP contribution in [0.4, 0.5) is 4.79 Å². The van der Waals surface area contributed by atoms with Gasteiger partial charge in [0.2, 0.25) is 0 Å². The third-order valence-electron chi connectivity index (χ3n) is 4.80. The highest BCUT2D eigenvalue weighted by atomic mass is 16.2. The van der Waals surface area contributed by atoms with Gasteiger partial charge in [0.05, 0.1) is 6.20 Å². The number of carbonyl (C=O) groups is 1. The van der Waals surface area contributed by atoms with E-state index in [9.17, 15) is 4.79 Å². The number of rotatable bonds is 3. The van der Waals surface area contributed by atoms with Crippen molar-refractivity contribution in [2.24, 2.45) is 7.05 Å². The Morgan fingerprint density at radius 2 is 2.04 bits per heavy atom. The molecular weight excluding hydrogens is 326 g/mol. The Bertz CT molecular complexity index is 905. The van der Waals surface area contributed by atoms with E-state index in [1.165, 1.54) is 11.1 Å². The number of fused-ring (bicyclic) bond motifs is 1. The molecule has 6 nitrogen and oxygen atoms in total. The summed E-state index contributed by atoms with van der Waals surface area (Å²) in [5, 5.41) is 7.32. The summed E-state index contributed by atoms with van der Waals surface area (Å²) in [5.74, 6) is 0.139. The molecule has 2 amide bonds. The van der Waals surface area contributed by atoms with E-state index in [-0.39, 0.29) is 11.9 Å². The van der Waals surface area contributed by atoms with Gasteiger partial charge in [-0.25, -0.2) is 4.79 Å². The largest absolute Gasteiger partial charge is 0.334 e. The van der Waals surface area contributed by atoms with Gasteiger partial charge in [0.1, 0.15) is 0 Å². The molecule has 1 unspecified atom stereocenters. The maximum Gasteiger partial charge on any atom is 0.317 e. The molecule has 2 aromatic heterocycles. The molecule has 6 heteroatoms. The normalized spacial score (nSPS) is 16.2. The molecule has 0 radical (unpaired) electrons. The number of pyridine rings is 1. The van der Waals surface area contributed by atoms with E-state index in [2.05, 4.69) is 33.6 Å². The molecule has 1 atom stereocenters. The number of benzene rings is 1. The van der Waals surface area contributed by atoms with Crippen molar-refractivity contribution in [1.29, 1.82) is 0 Å². The lowest BCUT2D eigenvalue weighted by atomic mass is 9.86. The van der Waals surface area contributed by atoms with Crippen LogP contribution in [0.15, 0.2) is 61.2 Å². The van der Waals surface area contributed by atoms with Gasteiger partial charge in [-0.2, -0.15) is 5.10 Å². The Labute approximate surface area is 152 Å². The zero-order chi connectivity index (χ0) is 17.9. The van der Waals surface area contributed by atoms with Gasteiger partial charge >= 0.3 is 6.03 Å². The first kappa shape index (κ1) is 16.3. The predicted octanol–water partition coefficient (Wildman–Crippen LogP) is 2.67. The fourth-order valence-corrected chi connectivity index (χ4v) is 3.46. The van der Waals surface area contributed by atoms with Crippen molar-refractivity contribution in [3.05, 3.63) is 83.4 Å². The monoisotopic (exact) mass is 347 g/mol. The lowest BCUT2D eigenvalue weighted by molar-refractivity contribution is 0.188. The molecule has 3 aromatic rings. The van der Waals surface area contributed by atoms with Crippen LogP contribution < -0.4 is 5.32 Å². The zero-order valence-corrected chi connectivity index (χ0v) is 14.7. The Kier molecular flexibility index (Phi) is 4.39. The van der Waals surface area contributed by atoms with Crippen molar-refractivity contribution in [3.63, 3.8) is 0 Å². The summed E-state index contributed by atoms with van der Waals surface area (Å²) in [5.41, 5.74) is 4.63. The Morgan fingerprint density at radius 1 is 1.23 bits per heavy atom. The fraction of sp³-hybridized carbons (Fsp3) is 0.250. The van der Waals surface area contributed by atoms with Gasteiger partial charge in [-0.3, -0.25) is 9.67 Å². The Morgan fingerprint density at radius 3 is 2.81 bits per heavy atom. The van der Waals surface area contributed by atoms with E-state index in [1.54, 1.807) is 17.1 Å². The first-order valence-electron chi connectivity index (χ1n) is 8.69. The van der Waals surface area contributed by atoms with Gasteiger partial charge in [0, 0.05) is 51.2 Å². The minimum absolute atomic E-state index is 0.0507. The molecule has 4 rings (SSSR count). The van der Waals surface area contributed by atoms with Crippen LogP contribution >= 0.6 is 0 Å². The van der Waals surface area contributed by atoms with Crippen LogP contribution in [0.5, 0.6) is 0 Å². The fourth-order valence-electron chi connectivity index (χ4n) is 3.46. The van der Waals surface area contributed by atoms with Crippen LogP contribution in [-0.4, -0.2) is 32.2 Å². The molecule has 0 saturated heterocycles. The van der Waals surface area contributed by atoms with Crippen molar-refractivity contribution < 1.29 is 4.79 Å². The van der Waals surface area contributed by atoms with E-state index in [0.29, 0.717) is 19.6 Å². The molecule has 0 bridgehead atoms. The maximum atomic E-state index is 12.7. The zero-order valence-electron chi connectivity index (χ0n) is 14.7. The number of carbonyl (C=O) groups excluding carboxylic acids is 1. The van der Waals surface area contributed by atoms with Crippen LogP contribution in [-0.2, 0) is 20.1 Å². The highest BCUT2D eigenvalue weighted by molar-refractivity contribution is 5.75. The van der Waals surface area contributed by atoms with E-state index in [4.69, 9.17) is 0 Å². The van der Waals surface area contributed by atoms with Crippen molar-refractivity contribution in [3.8, 4) is 0 Å². The van der Waals surface area contributed by atoms with Crippen molar-refractivity contribution >= 4 is 6.03 Å². The summed E-state index contributed by atoms with van der Waals surface area (Å²) in [6, 6.07) is 12.1. The highest BCUT2D eigenvalue weighted by Crippen LogP contribution is 2.33. The van der Waals surface area contributed by atoms with E-state index < -0.39 is 0 Å². The average molecular weight is 347 g/mol. The van der Waals surface area contributed by atoms with Crippen LogP contribution in [0.3, 0.4) is 0 Å². The number of aryl methyl sites for hydroxylation is 1. The minimum Gasteiger partial charge on any atom is -0.334 e. The number of nitrogens with one attached hydrogen (secondary N) is 1. The third-order valence-corrected chi connectivity index (χ3v) is 4.80. The summed E-state index contributed by atoms with van der Waals surface area (Å²) in [6.45, 7) is 1.76. The van der Waals surface area contributed by atoms with Gasteiger partial charge in [-0.15, -0.1) is 0 Å². The molecule has 0 saturated carbocycles. The first-order valence-corrected chi connectivity index (χ1v) is 8.69. The minimum atomic E-state index is -0.0507. The Hall–Kier alpha value is -3.15. The van der Waals surface area contributed by atoms with Crippen molar-refractivity contribution in [2.45, 2.75) is 19.0 Å². The summed E-state index contributed by atoms with van der Waals surface area (Å²) >= 11 is 0. The van der Waals surface area contributed by atoms with Crippen molar-refractivity contribution in [1.82, 2.24) is 25.0 Å². The number of aromatic nitrogens is 3. The number of hydrogen-bond acceptors (Lipinski definition) is 3. The van der Waals surface area contributed by atoms with Crippen molar-refractivity contribution in [2.75, 3.05) is 6.54 Å². The molecule has 1 aliphatic rings. The topological polar surface area (TPSA) is 63.1 Å². The summed E-state index contributed by atoms with van der Waals surface area (Å²) in [7, 11) is 1.91. The average Bonchev–Trinajstić information content (AvgIpc) is 3.12. The highest BCUT2D eigenvalue weighted by Gasteiger charge is 2.29. The van der Waals surface area contributed by atoms with Crippen LogP contribution in [0.1, 0.15) is 28.2 Å². The second-order valence-electron chi connectivity index (χ2n) is 6.59. The van der Waals surface area contributed by atoms with E-state index >= 15 is 0 Å². The number of urea groups is 1. The number of hydrogen-bond donors (Lipinski definition) is 1. The maximum absolute atomic E-state index is 12.7. The van der Waals surface area contributed by atoms with Gasteiger partial charge in [0.15, 0.2) is 0 Å². The lowest BCUT2D eigenvalue weighted by Crippen LogP contribution is -2.44. The van der Waals surface area contributed by atoms with Crippen LogP contribution in [0.25, 0.3) is 0 Å². The molecule has 3 heterocycles. The molecule has 0 aliphatic carbocycles. The molecule has 0 spiro atoms. The van der Waals surface area contributed by atoms with E-state index in [0.717, 1.165) is 11.1 Å². The quantitative estimate of drug-likeness (QED) is 0.792. The second kappa shape index (κ2) is 7.00. The molecule has 1 aromatic carbocycles. The van der Waals surface area contributed by atoms with Gasteiger partial charge < -0.3 is 10.2 Å². The molecule has 132 valence electrons. The number of amides is 2.